The van der Waals surface area contributed by atoms with Gasteiger partial charge in [-0.1, -0.05) is 0 Å². The summed E-state index contributed by atoms with van der Waals surface area (Å²) in [4.78, 5) is 12.1. The minimum absolute atomic E-state index is 0.233. The van der Waals surface area contributed by atoms with E-state index in [1.165, 1.54) is 0 Å². The summed E-state index contributed by atoms with van der Waals surface area (Å²) in [6, 6.07) is 0. The van der Waals surface area contributed by atoms with Crippen LogP contribution in [0.3, 0.4) is 0 Å². The number of rotatable bonds is 3. The van der Waals surface area contributed by atoms with Gasteiger partial charge in [0.05, 0.1) is 5.56 Å². The number of methoxy groups -OCH3 is 1. The van der Waals surface area contributed by atoms with E-state index in [0.717, 1.165) is 11.4 Å². The van der Waals surface area contributed by atoms with Crippen molar-refractivity contribution >= 4 is 5.95 Å². The molecular weight excluding hydrogens is 208 g/mol. The van der Waals surface area contributed by atoms with Crippen molar-refractivity contribution in [2.24, 2.45) is 7.05 Å². The third-order valence-electron chi connectivity index (χ3n) is 2.06. The van der Waals surface area contributed by atoms with Gasteiger partial charge >= 0.3 is 0 Å². The van der Waals surface area contributed by atoms with Crippen LogP contribution in [0, 0.1) is 0 Å². The summed E-state index contributed by atoms with van der Waals surface area (Å²) in [7, 11) is 3.42. The van der Waals surface area contributed by atoms with Gasteiger partial charge in [-0.25, -0.2) is 15.0 Å². The number of hydrogen-bond donors (Lipinski definition) is 1. The summed E-state index contributed by atoms with van der Waals surface area (Å²) in [6.45, 7) is 0.416. The number of aromatic nitrogens is 5. The lowest BCUT2D eigenvalue weighted by atomic mass is 10.3. The first kappa shape index (κ1) is 10.5. The Kier molecular flexibility index (Phi) is 2.78. The van der Waals surface area contributed by atoms with Crippen molar-refractivity contribution in [3.8, 4) is 11.4 Å². The molecule has 0 aliphatic heterocycles. The van der Waals surface area contributed by atoms with Gasteiger partial charge in [-0.15, -0.1) is 0 Å². The standard InChI is InChI=1S/C9H12N6O/c1-15-7(5-16-2)13-8(14-15)6-3-11-9(10)12-4-6/h3-4H,5H2,1-2H3,(H2,10,11,12). The van der Waals surface area contributed by atoms with Gasteiger partial charge in [-0.05, 0) is 0 Å². The van der Waals surface area contributed by atoms with Gasteiger partial charge in [0.1, 0.15) is 6.61 Å². The highest BCUT2D eigenvalue weighted by atomic mass is 16.5. The van der Waals surface area contributed by atoms with Gasteiger partial charge in [0.25, 0.3) is 0 Å². The lowest BCUT2D eigenvalue weighted by Crippen LogP contribution is -2.00. The smallest absolute Gasteiger partial charge is 0.219 e. The molecule has 0 aliphatic rings. The third kappa shape index (κ3) is 1.98. The van der Waals surface area contributed by atoms with Gasteiger partial charge in [0, 0.05) is 26.6 Å². The third-order valence-corrected chi connectivity index (χ3v) is 2.06. The van der Waals surface area contributed by atoms with E-state index in [0.29, 0.717) is 12.4 Å². The van der Waals surface area contributed by atoms with E-state index in [-0.39, 0.29) is 5.95 Å². The van der Waals surface area contributed by atoms with Gasteiger partial charge in [-0.3, -0.25) is 4.68 Å². The molecule has 2 rings (SSSR count). The first-order valence-corrected chi connectivity index (χ1v) is 4.67. The molecule has 7 heteroatoms. The minimum Gasteiger partial charge on any atom is -0.377 e. The highest BCUT2D eigenvalue weighted by molar-refractivity contribution is 5.52. The molecule has 0 saturated heterocycles. The summed E-state index contributed by atoms with van der Waals surface area (Å²) in [5.41, 5.74) is 6.13. The maximum Gasteiger partial charge on any atom is 0.219 e. The quantitative estimate of drug-likeness (QED) is 0.782. The lowest BCUT2D eigenvalue weighted by Gasteiger charge is -1.94. The molecule has 0 unspecified atom stereocenters. The fraction of sp³-hybridized carbons (Fsp3) is 0.333. The molecule has 2 heterocycles. The van der Waals surface area contributed by atoms with Crippen molar-refractivity contribution in [1.29, 1.82) is 0 Å². The summed E-state index contributed by atoms with van der Waals surface area (Å²) in [5, 5.41) is 4.23. The number of ether oxygens (including phenoxy) is 1. The first-order chi connectivity index (χ1) is 7.70. The van der Waals surface area contributed by atoms with Crippen molar-refractivity contribution in [1.82, 2.24) is 24.7 Å². The molecule has 2 aromatic heterocycles. The van der Waals surface area contributed by atoms with Crippen LogP contribution in [-0.2, 0) is 18.4 Å². The monoisotopic (exact) mass is 220 g/mol. The van der Waals surface area contributed by atoms with E-state index >= 15 is 0 Å². The summed E-state index contributed by atoms with van der Waals surface area (Å²) < 4.78 is 6.66. The van der Waals surface area contributed by atoms with Gasteiger partial charge < -0.3 is 10.5 Å². The van der Waals surface area contributed by atoms with Crippen LogP contribution >= 0.6 is 0 Å². The first-order valence-electron chi connectivity index (χ1n) is 4.67. The Balaban J connectivity index is 2.33. The normalized spacial score (nSPS) is 10.6. The van der Waals surface area contributed by atoms with E-state index in [1.54, 1.807) is 24.2 Å². The minimum atomic E-state index is 0.233. The highest BCUT2D eigenvalue weighted by Crippen LogP contribution is 2.13. The second-order valence-electron chi connectivity index (χ2n) is 3.24. The average molecular weight is 220 g/mol. The number of nitrogens with zero attached hydrogens (tertiary/aromatic N) is 5. The summed E-state index contributed by atoms with van der Waals surface area (Å²) in [6.07, 6.45) is 3.18. The van der Waals surface area contributed by atoms with E-state index in [2.05, 4.69) is 20.1 Å². The molecule has 0 radical (unpaired) electrons. The molecule has 0 bridgehead atoms. The molecular formula is C9H12N6O. The predicted molar refractivity (Wildman–Crippen MR) is 57.2 cm³/mol. The van der Waals surface area contributed by atoms with Crippen LogP contribution in [0.1, 0.15) is 5.82 Å². The molecule has 84 valence electrons. The Morgan fingerprint density at radius 3 is 2.69 bits per heavy atom. The molecule has 0 spiro atoms. The van der Waals surface area contributed by atoms with Crippen LogP contribution in [0.25, 0.3) is 11.4 Å². The lowest BCUT2D eigenvalue weighted by molar-refractivity contribution is 0.174. The summed E-state index contributed by atoms with van der Waals surface area (Å²) in [5.74, 6) is 1.54. The van der Waals surface area contributed by atoms with Crippen LogP contribution in [0.2, 0.25) is 0 Å². The maximum absolute atomic E-state index is 5.40. The van der Waals surface area contributed by atoms with Crippen molar-refractivity contribution in [3.63, 3.8) is 0 Å². The number of anilines is 1. The van der Waals surface area contributed by atoms with Crippen molar-refractivity contribution in [2.75, 3.05) is 12.8 Å². The van der Waals surface area contributed by atoms with Crippen molar-refractivity contribution < 1.29 is 4.74 Å². The van der Waals surface area contributed by atoms with E-state index in [9.17, 15) is 0 Å². The molecule has 0 saturated carbocycles. The number of nitrogen functional groups attached to an aromatic ring is 1. The second kappa shape index (κ2) is 4.23. The van der Waals surface area contributed by atoms with Gasteiger partial charge in [-0.2, -0.15) is 5.10 Å². The number of aryl methyl sites for hydroxylation is 1. The Morgan fingerprint density at radius 2 is 2.06 bits per heavy atom. The zero-order valence-corrected chi connectivity index (χ0v) is 9.08. The van der Waals surface area contributed by atoms with Crippen molar-refractivity contribution in [2.45, 2.75) is 6.61 Å². The average Bonchev–Trinajstić information content (AvgIpc) is 2.62. The molecule has 0 aliphatic carbocycles. The maximum atomic E-state index is 5.40. The number of hydrogen-bond acceptors (Lipinski definition) is 6. The topological polar surface area (TPSA) is 91.7 Å². The van der Waals surface area contributed by atoms with Crippen LogP contribution in [0.4, 0.5) is 5.95 Å². The second-order valence-corrected chi connectivity index (χ2v) is 3.24. The van der Waals surface area contributed by atoms with E-state index < -0.39 is 0 Å². The molecule has 0 amide bonds. The summed E-state index contributed by atoms with van der Waals surface area (Å²) >= 11 is 0. The molecule has 7 nitrogen and oxygen atoms in total. The fourth-order valence-corrected chi connectivity index (χ4v) is 1.25. The number of nitrogens with two attached hydrogens (primary N) is 1. The molecule has 0 aromatic carbocycles. The largest absolute Gasteiger partial charge is 0.377 e. The zero-order valence-electron chi connectivity index (χ0n) is 9.08. The molecule has 16 heavy (non-hydrogen) atoms. The zero-order chi connectivity index (χ0) is 11.5. The van der Waals surface area contributed by atoms with Crippen LogP contribution in [0.5, 0.6) is 0 Å². The van der Waals surface area contributed by atoms with E-state index in [1.807, 2.05) is 7.05 Å². The van der Waals surface area contributed by atoms with E-state index in [4.69, 9.17) is 10.5 Å². The van der Waals surface area contributed by atoms with Gasteiger partial charge in [0.2, 0.25) is 5.95 Å². The predicted octanol–water partition coefficient (Wildman–Crippen LogP) is 0.000700. The molecule has 2 N–H and O–H groups in total. The Hall–Kier alpha value is -2.02. The highest BCUT2D eigenvalue weighted by Gasteiger charge is 2.09. The molecule has 0 atom stereocenters. The fourth-order valence-electron chi connectivity index (χ4n) is 1.25. The van der Waals surface area contributed by atoms with Crippen LogP contribution < -0.4 is 5.73 Å². The molecule has 0 fully saturated rings. The SMILES string of the molecule is COCc1nc(-c2cnc(N)nc2)nn1C. The molecule has 2 aromatic rings. The Labute approximate surface area is 92.3 Å². The van der Waals surface area contributed by atoms with Crippen LogP contribution in [-0.4, -0.2) is 31.8 Å². The van der Waals surface area contributed by atoms with Crippen LogP contribution in [0.15, 0.2) is 12.4 Å². The Morgan fingerprint density at radius 1 is 1.38 bits per heavy atom. The van der Waals surface area contributed by atoms with Gasteiger partial charge in [0.15, 0.2) is 11.6 Å². The van der Waals surface area contributed by atoms with Crippen molar-refractivity contribution in [3.05, 3.63) is 18.2 Å². The Bertz CT molecular complexity index is 477.